The van der Waals surface area contributed by atoms with Gasteiger partial charge in [-0.2, -0.15) is 5.26 Å². The first-order valence-electron chi connectivity index (χ1n) is 11.7. The van der Waals surface area contributed by atoms with E-state index >= 15 is 0 Å². The van der Waals surface area contributed by atoms with Gasteiger partial charge < -0.3 is 19.9 Å². The topological polar surface area (TPSA) is 106 Å². The lowest BCUT2D eigenvalue weighted by Gasteiger charge is -2.24. The first-order chi connectivity index (χ1) is 17.5. The van der Waals surface area contributed by atoms with Crippen molar-refractivity contribution >= 4 is 0 Å². The zero-order chi connectivity index (χ0) is 25.1. The van der Waals surface area contributed by atoms with Crippen molar-refractivity contribution in [3.8, 4) is 34.7 Å². The van der Waals surface area contributed by atoms with Crippen LogP contribution in [0.4, 0.5) is 0 Å². The number of benzene rings is 3. The van der Waals surface area contributed by atoms with Crippen molar-refractivity contribution in [2.45, 2.75) is 32.5 Å². The highest BCUT2D eigenvalue weighted by Gasteiger charge is 2.35. The van der Waals surface area contributed by atoms with Gasteiger partial charge in [-0.15, -0.1) is 5.10 Å². The Kier molecular flexibility index (Phi) is 6.33. The summed E-state index contributed by atoms with van der Waals surface area (Å²) in [4.78, 5) is 0. The molecule has 5 rings (SSSR count). The molecule has 2 heterocycles. The maximum Gasteiger partial charge on any atom is 0.244 e. The minimum atomic E-state index is -0.436. The number of nitrogens with zero attached hydrogens (tertiary/aromatic N) is 2. The van der Waals surface area contributed by atoms with Gasteiger partial charge in [-0.3, -0.25) is 5.10 Å². The normalized spacial score (nSPS) is 14.7. The van der Waals surface area contributed by atoms with Gasteiger partial charge in [-0.1, -0.05) is 42.5 Å². The van der Waals surface area contributed by atoms with Crippen molar-refractivity contribution in [1.82, 2.24) is 10.2 Å². The van der Waals surface area contributed by atoms with E-state index in [-0.39, 0.29) is 12.0 Å². The van der Waals surface area contributed by atoms with Gasteiger partial charge in [0, 0.05) is 5.56 Å². The molecule has 0 saturated heterocycles. The predicted molar refractivity (Wildman–Crippen MR) is 136 cm³/mol. The van der Waals surface area contributed by atoms with Crippen molar-refractivity contribution in [2.24, 2.45) is 5.73 Å². The lowest BCUT2D eigenvalue weighted by atomic mass is 9.83. The van der Waals surface area contributed by atoms with E-state index in [0.29, 0.717) is 18.1 Å². The van der Waals surface area contributed by atoms with Gasteiger partial charge in [-0.05, 0) is 61.4 Å². The molecule has 1 aliphatic heterocycles. The van der Waals surface area contributed by atoms with Gasteiger partial charge >= 0.3 is 0 Å². The smallest absolute Gasteiger partial charge is 0.244 e. The molecule has 3 N–H and O–H groups in total. The first kappa shape index (κ1) is 23.1. The summed E-state index contributed by atoms with van der Waals surface area (Å²) in [5, 5.41) is 17.4. The van der Waals surface area contributed by atoms with E-state index in [1.54, 1.807) is 0 Å². The van der Waals surface area contributed by atoms with Crippen molar-refractivity contribution in [3.05, 3.63) is 107 Å². The molecule has 0 fully saturated rings. The number of hydrogen-bond donors (Lipinski definition) is 2. The molecular formula is C29H26N4O3. The molecule has 0 spiro atoms. The number of nitrogens with two attached hydrogens (primary N) is 1. The summed E-state index contributed by atoms with van der Waals surface area (Å²) >= 11 is 0. The quantitative estimate of drug-likeness (QED) is 0.355. The Morgan fingerprint density at radius 3 is 2.36 bits per heavy atom. The van der Waals surface area contributed by atoms with E-state index in [0.717, 1.165) is 39.4 Å². The van der Waals surface area contributed by atoms with Crippen LogP contribution in [0.3, 0.4) is 0 Å². The molecule has 0 unspecified atom stereocenters. The predicted octanol–water partition coefficient (Wildman–Crippen LogP) is 5.66. The first-order valence-corrected chi connectivity index (χ1v) is 11.7. The lowest BCUT2D eigenvalue weighted by molar-refractivity contribution is 0.242. The number of aromatic amines is 1. The molecule has 0 saturated carbocycles. The number of aromatic nitrogens is 2. The molecule has 36 heavy (non-hydrogen) atoms. The molecule has 4 aromatic rings. The molecule has 0 amide bonds. The van der Waals surface area contributed by atoms with Crippen LogP contribution in [0.1, 0.15) is 36.5 Å². The number of nitrogens with one attached hydrogen (secondary N) is 1. The largest absolute Gasteiger partial charge is 0.491 e. The van der Waals surface area contributed by atoms with Crippen molar-refractivity contribution in [1.29, 1.82) is 5.26 Å². The standard InChI is InChI=1S/C29H26N4O3/c1-18(2)35-23-14-8-20(9-15-23)25-24(16-30)28(31)36-29-26(25)27(32-33-29)21-10-12-22(13-11-21)34-17-19-6-4-3-5-7-19/h3-15,18,25H,17,31H2,1-2H3,(H,32,33)/t25-/m0/s1. The number of ether oxygens (including phenoxy) is 3. The molecule has 0 radical (unpaired) electrons. The third-order valence-electron chi connectivity index (χ3n) is 5.92. The van der Waals surface area contributed by atoms with Gasteiger partial charge in [0.15, 0.2) is 0 Å². The minimum absolute atomic E-state index is 0.0558. The molecule has 3 aromatic carbocycles. The Hall–Kier alpha value is -4.70. The van der Waals surface area contributed by atoms with Crippen LogP contribution in [-0.4, -0.2) is 16.3 Å². The van der Waals surface area contributed by atoms with E-state index in [1.165, 1.54) is 0 Å². The van der Waals surface area contributed by atoms with E-state index in [4.69, 9.17) is 19.9 Å². The van der Waals surface area contributed by atoms with E-state index in [2.05, 4.69) is 16.3 Å². The Morgan fingerprint density at radius 2 is 1.69 bits per heavy atom. The van der Waals surface area contributed by atoms with Crippen LogP contribution in [0.15, 0.2) is 90.3 Å². The monoisotopic (exact) mass is 478 g/mol. The van der Waals surface area contributed by atoms with Gasteiger partial charge in [0.05, 0.1) is 23.3 Å². The third kappa shape index (κ3) is 4.62. The van der Waals surface area contributed by atoms with Crippen molar-refractivity contribution in [3.63, 3.8) is 0 Å². The molecule has 1 atom stereocenters. The Bertz CT molecular complexity index is 1420. The maximum absolute atomic E-state index is 9.94. The Labute approximate surface area is 209 Å². The number of H-pyrrole nitrogens is 1. The summed E-state index contributed by atoms with van der Waals surface area (Å²) in [7, 11) is 0. The minimum Gasteiger partial charge on any atom is -0.491 e. The fraction of sp³-hybridized carbons (Fsp3) is 0.172. The molecule has 0 aliphatic carbocycles. The van der Waals surface area contributed by atoms with E-state index < -0.39 is 5.92 Å². The highest BCUT2D eigenvalue weighted by atomic mass is 16.5. The SMILES string of the molecule is CC(C)Oc1ccc([C@H]2C(C#N)=C(N)Oc3n[nH]c(-c4ccc(OCc5ccccc5)cc4)c32)cc1. The van der Waals surface area contributed by atoms with Crippen LogP contribution in [0.5, 0.6) is 17.4 Å². The highest BCUT2D eigenvalue weighted by molar-refractivity contribution is 5.71. The molecule has 1 aromatic heterocycles. The second-order valence-electron chi connectivity index (χ2n) is 8.78. The zero-order valence-electron chi connectivity index (χ0n) is 20.1. The van der Waals surface area contributed by atoms with Gasteiger partial charge in [0.25, 0.3) is 0 Å². The molecule has 180 valence electrons. The number of rotatable bonds is 7. The second-order valence-corrected chi connectivity index (χ2v) is 8.78. The van der Waals surface area contributed by atoms with Crippen LogP contribution in [-0.2, 0) is 6.61 Å². The summed E-state index contributed by atoms with van der Waals surface area (Å²) in [6, 6.07) is 27.7. The van der Waals surface area contributed by atoms with Gasteiger partial charge in [-0.25, -0.2) is 0 Å². The van der Waals surface area contributed by atoms with E-state index in [9.17, 15) is 5.26 Å². The average molecular weight is 479 g/mol. The fourth-order valence-corrected chi connectivity index (χ4v) is 4.27. The van der Waals surface area contributed by atoms with E-state index in [1.807, 2.05) is 92.7 Å². The van der Waals surface area contributed by atoms with Crippen LogP contribution >= 0.6 is 0 Å². The number of fused-ring (bicyclic) bond motifs is 1. The summed E-state index contributed by atoms with van der Waals surface area (Å²) in [5.74, 6) is 1.50. The van der Waals surface area contributed by atoms with Crippen LogP contribution in [0, 0.1) is 11.3 Å². The molecular weight excluding hydrogens is 452 g/mol. The third-order valence-corrected chi connectivity index (χ3v) is 5.92. The highest BCUT2D eigenvalue weighted by Crippen LogP contribution is 2.46. The molecule has 7 nitrogen and oxygen atoms in total. The van der Waals surface area contributed by atoms with Crippen LogP contribution in [0.25, 0.3) is 11.3 Å². The molecule has 1 aliphatic rings. The number of nitriles is 1. The Balaban J connectivity index is 1.46. The Morgan fingerprint density at radius 1 is 1.00 bits per heavy atom. The number of hydrogen-bond acceptors (Lipinski definition) is 6. The average Bonchev–Trinajstić information content (AvgIpc) is 3.31. The summed E-state index contributed by atoms with van der Waals surface area (Å²) in [6.45, 7) is 4.44. The van der Waals surface area contributed by atoms with Crippen molar-refractivity contribution in [2.75, 3.05) is 0 Å². The lowest BCUT2D eigenvalue weighted by Crippen LogP contribution is -2.21. The summed E-state index contributed by atoms with van der Waals surface area (Å²) < 4.78 is 17.4. The maximum atomic E-state index is 9.94. The molecule has 0 bridgehead atoms. The van der Waals surface area contributed by atoms with Crippen molar-refractivity contribution < 1.29 is 14.2 Å². The summed E-state index contributed by atoms with van der Waals surface area (Å²) in [5.41, 5.74) is 10.9. The van der Waals surface area contributed by atoms with Crippen LogP contribution < -0.4 is 19.9 Å². The number of allylic oxidation sites excluding steroid dienone is 1. The van der Waals surface area contributed by atoms with Crippen LogP contribution in [0.2, 0.25) is 0 Å². The summed E-state index contributed by atoms with van der Waals surface area (Å²) in [6.07, 6.45) is 0.0656. The fourth-order valence-electron chi connectivity index (χ4n) is 4.27. The van der Waals surface area contributed by atoms with Gasteiger partial charge in [0.2, 0.25) is 11.8 Å². The van der Waals surface area contributed by atoms with Gasteiger partial charge in [0.1, 0.15) is 29.7 Å². The molecule has 7 heteroatoms. The zero-order valence-corrected chi connectivity index (χ0v) is 20.1. The second kappa shape index (κ2) is 9.88.